The summed E-state index contributed by atoms with van der Waals surface area (Å²) >= 11 is 1.85. The van der Waals surface area contributed by atoms with Gasteiger partial charge in [-0.05, 0) is 89.0 Å². The number of hydrogen-bond donors (Lipinski definition) is 2. The minimum absolute atomic E-state index is 0.101. The zero-order valence-corrected chi connectivity index (χ0v) is 31.5. The van der Waals surface area contributed by atoms with Crippen LogP contribution in [0.25, 0.3) is 80.7 Å². The molecule has 2 unspecified atom stereocenters. The van der Waals surface area contributed by atoms with Gasteiger partial charge in [0.1, 0.15) is 29.3 Å². The SMILES string of the molecule is c1ccc(C2N=C(c3ccc4oc5ccc(-c6ccc7c(c6)sc6ccc(-n8c9ccccc9c9ccccc98)cc67)cc5c4c3)NC(c3ccccc3)N2)cc1. The van der Waals surface area contributed by atoms with Crippen molar-refractivity contribution in [1.29, 1.82) is 0 Å². The van der Waals surface area contributed by atoms with Gasteiger partial charge in [0.05, 0.1) is 11.0 Å². The van der Waals surface area contributed by atoms with Crippen molar-refractivity contribution in [2.45, 2.75) is 12.3 Å². The van der Waals surface area contributed by atoms with Crippen molar-refractivity contribution in [1.82, 2.24) is 15.2 Å². The van der Waals surface area contributed by atoms with E-state index in [0.717, 1.165) is 50.0 Å². The third-order valence-corrected chi connectivity index (χ3v) is 12.6. The molecule has 11 aromatic rings. The second kappa shape index (κ2) is 12.8. The van der Waals surface area contributed by atoms with Crippen LogP contribution < -0.4 is 10.6 Å². The Morgan fingerprint density at radius 2 is 1.09 bits per heavy atom. The van der Waals surface area contributed by atoms with Crippen LogP contribution in [0.2, 0.25) is 0 Å². The Labute approximate surface area is 332 Å². The number of furan rings is 1. The molecule has 0 fully saturated rings. The van der Waals surface area contributed by atoms with Crippen molar-refractivity contribution in [2.24, 2.45) is 4.99 Å². The second-order valence-corrected chi connectivity index (χ2v) is 15.9. The maximum atomic E-state index is 6.40. The molecule has 0 bridgehead atoms. The van der Waals surface area contributed by atoms with Gasteiger partial charge < -0.3 is 14.3 Å². The van der Waals surface area contributed by atoms with E-state index >= 15 is 0 Å². The molecule has 1 aliphatic rings. The number of nitrogens with one attached hydrogen (secondary N) is 2. The number of benzene rings is 8. The van der Waals surface area contributed by atoms with Crippen LogP contribution in [-0.4, -0.2) is 10.4 Å². The van der Waals surface area contributed by atoms with Crippen molar-refractivity contribution in [3.8, 4) is 16.8 Å². The molecule has 4 heterocycles. The zero-order valence-electron chi connectivity index (χ0n) is 30.7. The van der Waals surface area contributed by atoms with Gasteiger partial charge in [0.15, 0.2) is 0 Å². The molecule has 0 saturated heterocycles. The highest BCUT2D eigenvalue weighted by Crippen LogP contribution is 2.40. The van der Waals surface area contributed by atoms with Gasteiger partial charge in [-0.15, -0.1) is 11.3 Å². The minimum atomic E-state index is -0.194. The quantitative estimate of drug-likeness (QED) is 0.184. The zero-order chi connectivity index (χ0) is 37.5. The fraction of sp³-hybridized carbons (Fsp3) is 0.0392. The number of para-hydroxylation sites is 2. The second-order valence-electron chi connectivity index (χ2n) is 14.8. The minimum Gasteiger partial charge on any atom is -0.456 e. The third kappa shape index (κ3) is 5.30. The van der Waals surface area contributed by atoms with E-state index < -0.39 is 0 Å². The van der Waals surface area contributed by atoms with Gasteiger partial charge >= 0.3 is 0 Å². The predicted molar refractivity (Wildman–Crippen MR) is 238 cm³/mol. The topological polar surface area (TPSA) is 54.5 Å². The average molecular weight is 751 g/mol. The van der Waals surface area contributed by atoms with Crippen molar-refractivity contribution >= 4 is 81.1 Å². The van der Waals surface area contributed by atoms with Crippen LogP contribution in [0.3, 0.4) is 0 Å². The first-order valence-corrected chi connectivity index (χ1v) is 20.2. The van der Waals surface area contributed by atoms with Gasteiger partial charge in [-0.2, -0.15) is 0 Å². The number of aromatic nitrogens is 1. The molecular formula is C51H34N4OS. The Kier molecular flexibility index (Phi) is 7.24. The van der Waals surface area contributed by atoms with Crippen molar-refractivity contribution < 1.29 is 4.42 Å². The Bertz CT molecular complexity index is 3320. The van der Waals surface area contributed by atoms with Gasteiger partial charge in [-0.25, -0.2) is 4.99 Å². The lowest BCUT2D eigenvalue weighted by atomic mass is 10.0. The van der Waals surface area contributed by atoms with E-state index in [1.165, 1.54) is 53.2 Å². The summed E-state index contributed by atoms with van der Waals surface area (Å²) in [5.74, 6) is 0.848. The van der Waals surface area contributed by atoms with E-state index in [4.69, 9.17) is 9.41 Å². The van der Waals surface area contributed by atoms with E-state index in [0.29, 0.717) is 0 Å². The van der Waals surface area contributed by atoms with E-state index in [-0.39, 0.29) is 12.3 Å². The van der Waals surface area contributed by atoms with E-state index in [1.54, 1.807) is 0 Å². The average Bonchev–Trinajstić information content (AvgIpc) is 3.95. The summed E-state index contributed by atoms with van der Waals surface area (Å²) in [6, 6.07) is 65.1. The molecule has 2 N–H and O–H groups in total. The summed E-state index contributed by atoms with van der Waals surface area (Å²) in [5.41, 5.74) is 11.0. The molecule has 0 amide bonds. The molecule has 0 spiro atoms. The molecule has 0 aliphatic carbocycles. The smallest absolute Gasteiger partial charge is 0.135 e. The van der Waals surface area contributed by atoms with Crippen LogP contribution in [0.4, 0.5) is 0 Å². The lowest BCUT2D eigenvalue weighted by Crippen LogP contribution is -2.44. The van der Waals surface area contributed by atoms with Gasteiger partial charge in [0.25, 0.3) is 0 Å². The predicted octanol–water partition coefficient (Wildman–Crippen LogP) is 13.1. The lowest BCUT2D eigenvalue weighted by molar-refractivity contribution is 0.409. The molecule has 57 heavy (non-hydrogen) atoms. The Balaban J connectivity index is 0.926. The molecule has 0 radical (unpaired) electrons. The first-order valence-electron chi connectivity index (χ1n) is 19.3. The van der Waals surface area contributed by atoms with Crippen LogP contribution in [0.15, 0.2) is 191 Å². The van der Waals surface area contributed by atoms with Gasteiger partial charge in [0.2, 0.25) is 0 Å². The Morgan fingerprint density at radius 1 is 0.474 bits per heavy atom. The Hall–Kier alpha value is -6.99. The maximum absolute atomic E-state index is 6.40. The van der Waals surface area contributed by atoms with E-state index in [9.17, 15) is 0 Å². The third-order valence-electron chi connectivity index (χ3n) is 11.5. The summed E-state index contributed by atoms with van der Waals surface area (Å²) in [4.78, 5) is 5.19. The highest BCUT2D eigenvalue weighted by molar-refractivity contribution is 7.25. The van der Waals surface area contributed by atoms with Gasteiger partial charge in [-0.1, -0.05) is 115 Å². The Morgan fingerprint density at radius 3 is 1.82 bits per heavy atom. The van der Waals surface area contributed by atoms with Crippen LogP contribution in [0, 0.1) is 0 Å². The molecule has 1 aliphatic heterocycles. The van der Waals surface area contributed by atoms with Crippen LogP contribution in [0.1, 0.15) is 29.0 Å². The fourth-order valence-electron chi connectivity index (χ4n) is 8.72. The summed E-state index contributed by atoms with van der Waals surface area (Å²) in [5, 5.41) is 14.7. The summed E-state index contributed by atoms with van der Waals surface area (Å²) in [6.45, 7) is 0. The maximum Gasteiger partial charge on any atom is 0.135 e. The standard InChI is InChI=1S/C51H34N4OS/c1-3-11-31(12-4-1)49-52-50(32-13-5-2-6-14-32)54-51(53-49)35-21-25-46-41(28-35)40-27-33(20-24-45(40)56-46)34-19-23-39-42-30-36(22-26-47(42)57-48(39)29-34)55-43-17-9-7-15-37(43)38-16-8-10-18-44(38)55/h1-30,49-50,52H,(H,53,54). The molecule has 2 atom stereocenters. The van der Waals surface area contributed by atoms with Crippen LogP contribution in [0.5, 0.6) is 0 Å². The van der Waals surface area contributed by atoms with Crippen LogP contribution in [-0.2, 0) is 0 Å². The lowest BCUT2D eigenvalue weighted by Gasteiger charge is -2.32. The van der Waals surface area contributed by atoms with Crippen molar-refractivity contribution in [3.63, 3.8) is 0 Å². The number of aliphatic imine (C=N–C) groups is 1. The van der Waals surface area contributed by atoms with Crippen molar-refractivity contribution in [3.05, 3.63) is 199 Å². The number of thiophene rings is 1. The molecule has 12 rings (SSSR count). The van der Waals surface area contributed by atoms with E-state index in [1.807, 2.05) is 23.5 Å². The summed E-state index contributed by atoms with van der Waals surface area (Å²) < 4.78 is 11.4. The van der Waals surface area contributed by atoms with Gasteiger partial charge in [-0.3, -0.25) is 5.32 Å². The molecular weight excluding hydrogens is 717 g/mol. The normalized spacial score (nSPS) is 15.9. The molecule has 5 nitrogen and oxygen atoms in total. The molecule has 0 saturated carbocycles. The highest BCUT2D eigenvalue weighted by Gasteiger charge is 2.26. The molecule has 270 valence electrons. The highest BCUT2D eigenvalue weighted by atomic mass is 32.1. The van der Waals surface area contributed by atoms with Crippen LogP contribution >= 0.6 is 11.3 Å². The summed E-state index contributed by atoms with van der Waals surface area (Å²) in [6.07, 6.45) is -0.295. The first-order chi connectivity index (χ1) is 28.2. The number of amidine groups is 1. The monoisotopic (exact) mass is 750 g/mol. The number of rotatable bonds is 5. The molecule has 6 heteroatoms. The first kappa shape index (κ1) is 32.3. The largest absolute Gasteiger partial charge is 0.456 e. The van der Waals surface area contributed by atoms with Gasteiger partial charge in [0, 0.05) is 53.0 Å². The number of fused-ring (bicyclic) bond motifs is 9. The molecule has 3 aromatic heterocycles. The number of hydrogen-bond acceptors (Lipinski definition) is 5. The van der Waals surface area contributed by atoms with Crippen molar-refractivity contribution in [2.75, 3.05) is 0 Å². The molecule has 8 aromatic carbocycles. The van der Waals surface area contributed by atoms with E-state index in [2.05, 4.69) is 185 Å². The summed E-state index contributed by atoms with van der Waals surface area (Å²) in [7, 11) is 0. The number of nitrogens with zero attached hydrogens (tertiary/aromatic N) is 2. The fourth-order valence-corrected chi connectivity index (χ4v) is 9.84.